The monoisotopic (exact) mass is 554 g/mol. The van der Waals surface area contributed by atoms with Crippen LogP contribution in [0.3, 0.4) is 0 Å². The first-order chi connectivity index (χ1) is 18.2. The van der Waals surface area contributed by atoms with E-state index in [0.717, 1.165) is 5.56 Å². The van der Waals surface area contributed by atoms with E-state index in [-0.39, 0.29) is 34.5 Å². The number of aromatic nitrogens is 2. The molecule has 0 aliphatic carbocycles. The number of hydrogen-bond donors (Lipinski definition) is 2. The molecule has 2 heterocycles. The Morgan fingerprint density at radius 3 is 2.53 bits per heavy atom. The number of nitrogens with zero attached hydrogens (tertiary/aromatic N) is 2. The van der Waals surface area contributed by atoms with Gasteiger partial charge >= 0.3 is 0 Å². The Morgan fingerprint density at radius 2 is 1.76 bits per heavy atom. The van der Waals surface area contributed by atoms with E-state index in [1.54, 1.807) is 61.1 Å². The van der Waals surface area contributed by atoms with Gasteiger partial charge in [-0.1, -0.05) is 35.9 Å². The number of fused-ring (bicyclic) bond motifs is 1. The summed E-state index contributed by atoms with van der Waals surface area (Å²) in [5.74, 6) is 0.715. The lowest BCUT2D eigenvalue weighted by Crippen LogP contribution is -2.24. The summed E-state index contributed by atoms with van der Waals surface area (Å²) < 4.78 is 42.6. The van der Waals surface area contributed by atoms with Gasteiger partial charge in [0, 0.05) is 19.2 Å². The van der Waals surface area contributed by atoms with Crippen LogP contribution < -0.4 is 25.1 Å². The Balaban J connectivity index is 1.39. The summed E-state index contributed by atoms with van der Waals surface area (Å²) in [7, 11) is -2.67. The predicted molar refractivity (Wildman–Crippen MR) is 142 cm³/mol. The summed E-state index contributed by atoms with van der Waals surface area (Å²) in [5.41, 5.74) is 1.17. The van der Waals surface area contributed by atoms with Crippen molar-refractivity contribution in [1.29, 1.82) is 0 Å². The number of anilines is 1. The number of carbonyl (C=O) groups is 1. The van der Waals surface area contributed by atoms with Gasteiger partial charge in [0.15, 0.2) is 11.5 Å². The number of amides is 1. The molecule has 1 amide bonds. The molecule has 1 aliphatic rings. The van der Waals surface area contributed by atoms with Gasteiger partial charge < -0.3 is 14.8 Å². The Hall–Kier alpha value is -4.22. The van der Waals surface area contributed by atoms with Gasteiger partial charge in [-0.2, -0.15) is 0 Å². The zero-order chi connectivity index (χ0) is 27.0. The van der Waals surface area contributed by atoms with Gasteiger partial charge in [0.25, 0.3) is 21.5 Å². The van der Waals surface area contributed by atoms with Gasteiger partial charge in [0.2, 0.25) is 6.79 Å². The summed E-state index contributed by atoms with van der Waals surface area (Å²) in [6.07, 6.45) is 0. The molecule has 5 rings (SSSR count). The second kappa shape index (κ2) is 9.92. The maximum atomic E-state index is 13.3. The lowest BCUT2D eigenvalue weighted by Gasteiger charge is -2.11. The lowest BCUT2D eigenvalue weighted by molar-refractivity contribution is 0.0950. The molecule has 0 spiro atoms. The first-order valence-electron chi connectivity index (χ1n) is 11.5. The topological polar surface area (TPSA) is 121 Å². The zero-order valence-electron chi connectivity index (χ0n) is 20.4. The maximum Gasteiger partial charge on any atom is 0.296 e. The van der Waals surface area contributed by atoms with Crippen LogP contribution in [-0.4, -0.2) is 30.5 Å². The van der Waals surface area contributed by atoms with Crippen molar-refractivity contribution in [3.63, 3.8) is 0 Å². The summed E-state index contributed by atoms with van der Waals surface area (Å²) in [6, 6.07) is 18.1. The number of halogens is 1. The molecule has 3 aromatic carbocycles. The molecular weight excluding hydrogens is 532 g/mol. The van der Waals surface area contributed by atoms with Crippen LogP contribution in [-0.2, 0) is 23.6 Å². The average molecular weight is 555 g/mol. The molecule has 196 valence electrons. The molecule has 0 saturated carbocycles. The van der Waals surface area contributed by atoms with Gasteiger partial charge in [-0.15, -0.1) is 0 Å². The van der Waals surface area contributed by atoms with Gasteiger partial charge in [-0.25, -0.2) is 13.1 Å². The highest BCUT2D eigenvalue weighted by Gasteiger charge is 2.25. The SMILES string of the molecule is Cc1c(NS(=O)(=O)c2cc(C(=O)NCc3ccc4c(c3)OCO4)ccc2Cl)c(=O)n(-c2ccccc2)n1C. The van der Waals surface area contributed by atoms with E-state index in [1.165, 1.54) is 22.9 Å². The van der Waals surface area contributed by atoms with Gasteiger partial charge in [-0.05, 0) is 55.0 Å². The Kier molecular flexibility index (Phi) is 6.64. The molecule has 12 heteroatoms. The quantitative estimate of drug-likeness (QED) is 0.360. The fourth-order valence-electron chi connectivity index (χ4n) is 4.06. The molecule has 0 radical (unpaired) electrons. The molecule has 0 unspecified atom stereocenters. The van der Waals surface area contributed by atoms with Crippen molar-refractivity contribution in [2.75, 3.05) is 11.5 Å². The highest BCUT2D eigenvalue weighted by molar-refractivity contribution is 7.92. The minimum absolute atomic E-state index is 0.0852. The van der Waals surface area contributed by atoms with Crippen molar-refractivity contribution in [2.45, 2.75) is 18.4 Å². The molecule has 10 nitrogen and oxygen atoms in total. The minimum Gasteiger partial charge on any atom is -0.454 e. The summed E-state index contributed by atoms with van der Waals surface area (Å²) in [5, 5.41) is 2.66. The second-order valence-electron chi connectivity index (χ2n) is 8.56. The second-order valence-corrected chi connectivity index (χ2v) is 10.6. The van der Waals surface area contributed by atoms with Gasteiger partial charge in [0.05, 0.1) is 16.4 Å². The zero-order valence-corrected chi connectivity index (χ0v) is 22.0. The first kappa shape index (κ1) is 25.4. The molecule has 2 N–H and O–H groups in total. The Bertz CT molecular complexity index is 1710. The molecule has 1 aliphatic heterocycles. The van der Waals surface area contributed by atoms with Crippen LogP contribution in [0.5, 0.6) is 11.5 Å². The third-order valence-electron chi connectivity index (χ3n) is 6.16. The third-order valence-corrected chi connectivity index (χ3v) is 7.99. The first-order valence-corrected chi connectivity index (χ1v) is 13.3. The van der Waals surface area contributed by atoms with Crippen molar-refractivity contribution < 1.29 is 22.7 Å². The smallest absolute Gasteiger partial charge is 0.296 e. The van der Waals surface area contributed by atoms with Gasteiger partial charge in [0.1, 0.15) is 10.6 Å². The maximum absolute atomic E-state index is 13.3. The molecule has 38 heavy (non-hydrogen) atoms. The third kappa shape index (κ3) is 4.73. The van der Waals surface area contributed by atoms with Gasteiger partial charge in [-0.3, -0.25) is 19.0 Å². The van der Waals surface area contributed by atoms with Crippen LogP contribution >= 0.6 is 11.6 Å². The van der Waals surface area contributed by atoms with E-state index >= 15 is 0 Å². The number of rotatable bonds is 7. The molecule has 1 aromatic heterocycles. The van der Waals surface area contributed by atoms with E-state index in [0.29, 0.717) is 22.9 Å². The number of ether oxygens (including phenoxy) is 2. The fraction of sp³-hybridized carbons (Fsp3) is 0.154. The average Bonchev–Trinajstić information content (AvgIpc) is 3.46. The van der Waals surface area contributed by atoms with E-state index in [2.05, 4.69) is 10.0 Å². The van der Waals surface area contributed by atoms with Crippen LogP contribution in [0.15, 0.2) is 76.4 Å². The van der Waals surface area contributed by atoms with E-state index in [9.17, 15) is 18.0 Å². The number of para-hydroxylation sites is 1. The number of benzene rings is 3. The van der Waals surface area contributed by atoms with Crippen LogP contribution in [0.1, 0.15) is 21.6 Å². The van der Waals surface area contributed by atoms with Crippen LogP contribution in [0.25, 0.3) is 5.69 Å². The molecule has 4 aromatic rings. The summed E-state index contributed by atoms with van der Waals surface area (Å²) in [6.45, 7) is 1.95. The van der Waals surface area contributed by atoms with Crippen molar-refractivity contribution in [2.24, 2.45) is 7.05 Å². The Morgan fingerprint density at radius 1 is 1.03 bits per heavy atom. The number of hydrogen-bond acceptors (Lipinski definition) is 6. The van der Waals surface area contributed by atoms with Crippen LogP contribution in [0.4, 0.5) is 5.69 Å². The normalized spacial score (nSPS) is 12.4. The predicted octanol–water partition coefficient (Wildman–Crippen LogP) is 3.60. The van der Waals surface area contributed by atoms with Crippen molar-refractivity contribution in [3.05, 3.63) is 98.9 Å². The van der Waals surface area contributed by atoms with Crippen LogP contribution in [0.2, 0.25) is 5.02 Å². The molecular formula is C26H23ClN4O6S. The standard InChI is InChI=1S/C26H23ClN4O6S/c1-16-24(26(33)31(30(16)2)19-6-4-3-5-7-19)29-38(34,35)23-13-18(9-10-20(23)27)25(32)28-14-17-8-11-21-22(12-17)37-15-36-21/h3-13,29H,14-15H2,1-2H3,(H,28,32). The summed E-state index contributed by atoms with van der Waals surface area (Å²) >= 11 is 6.23. The largest absolute Gasteiger partial charge is 0.454 e. The van der Waals surface area contributed by atoms with Crippen LogP contribution in [0, 0.1) is 6.92 Å². The van der Waals surface area contributed by atoms with E-state index in [1.807, 2.05) is 6.07 Å². The highest BCUT2D eigenvalue weighted by Crippen LogP contribution is 2.32. The van der Waals surface area contributed by atoms with Crippen molar-refractivity contribution in [1.82, 2.24) is 14.7 Å². The highest BCUT2D eigenvalue weighted by atomic mass is 35.5. The number of nitrogens with one attached hydrogen (secondary N) is 2. The lowest BCUT2D eigenvalue weighted by atomic mass is 10.1. The Labute approximate surface area is 223 Å². The minimum atomic E-state index is -4.32. The molecule has 0 atom stereocenters. The number of carbonyl (C=O) groups excluding carboxylic acids is 1. The molecule has 0 bridgehead atoms. The molecule has 0 saturated heterocycles. The molecule has 0 fully saturated rings. The van der Waals surface area contributed by atoms with E-state index < -0.39 is 21.5 Å². The van der Waals surface area contributed by atoms with Crippen molar-refractivity contribution >= 4 is 33.2 Å². The van der Waals surface area contributed by atoms with Crippen molar-refractivity contribution in [3.8, 4) is 17.2 Å². The fourth-order valence-corrected chi connectivity index (χ4v) is 5.70. The summed E-state index contributed by atoms with van der Waals surface area (Å²) in [4.78, 5) is 25.7. The van der Waals surface area contributed by atoms with E-state index in [4.69, 9.17) is 21.1 Å². The number of sulfonamides is 1.